The quantitative estimate of drug-likeness (QED) is 0.731. The van der Waals surface area contributed by atoms with Crippen LogP contribution in [0, 0.1) is 13.8 Å². The minimum absolute atomic E-state index is 0.360. The molecule has 0 aromatic carbocycles. The highest BCUT2D eigenvalue weighted by atomic mass is 35.5. The van der Waals surface area contributed by atoms with E-state index in [9.17, 15) is 0 Å². The summed E-state index contributed by atoms with van der Waals surface area (Å²) in [5.74, 6) is 0.448. The van der Waals surface area contributed by atoms with Gasteiger partial charge in [-0.15, -0.1) is 0 Å². The summed E-state index contributed by atoms with van der Waals surface area (Å²) in [6.07, 6.45) is 0. The summed E-state index contributed by atoms with van der Waals surface area (Å²) in [5, 5.41) is 0.719. The first-order valence-corrected chi connectivity index (χ1v) is 5.47. The van der Waals surface area contributed by atoms with E-state index in [0.29, 0.717) is 27.4 Å². The maximum absolute atomic E-state index is 5.95. The van der Waals surface area contributed by atoms with Crippen molar-refractivity contribution in [3.05, 3.63) is 39.8 Å². The summed E-state index contributed by atoms with van der Waals surface area (Å²) in [7, 11) is 0. The average Bonchev–Trinajstić information content (AvgIpc) is 2.25. The highest BCUT2D eigenvalue weighted by Crippen LogP contribution is 2.23. The summed E-state index contributed by atoms with van der Waals surface area (Å²) < 4.78 is 0. The van der Waals surface area contributed by atoms with Gasteiger partial charge in [0.15, 0.2) is 5.82 Å². The highest BCUT2D eigenvalue weighted by molar-refractivity contribution is 6.34. The van der Waals surface area contributed by atoms with Gasteiger partial charge in [0.1, 0.15) is 16.0 Å². The molecule has 0 saturated carbocycles. The lowest BCUT2D eigenvalue weighted by molar-refractivity contribution is 1.09. The molecule has 0 radical (unpaired) electrons. The topological polar surface area (TPSA) is 38.7 Å². The molecule has 82 valence electrons. The Labute approximate surface area is 103 Å². The summed E-state index contributed by atoms with van der Waals surface area (Å²) in [4.78, 5) is 12.6. The molecule has 0 unspecified atom stereocenters. The Morgan fingerprint density at radius 1 is 0.938 bits per heavy atom. The zero-order chi connectivity index (χ0) is 11.7. The van der Waals surface area contributed by atoms with Gasteiger partial charge < -0.3 is 0 Å². The number of rotatable bonds is 1. The van der Waals surface area contributed by atoms with Crippen molar-refractivity contribution < 1.29 is 0 Å². The number of aromatic nitrogens is 3. The number of hydrogen-bond acceptors (Lipinski definition) is 3. The van der Waals surface area contributed by atoms with Gasteiger partial charge in [0, 0.05) is 11.3 Å². The molecule has 2 aromatic heterocycles. The van der Waals surface area contributed by atoms with E-state index >= 15 is 0 Å². The van der Waals surface area contributed by atoms with Crippen LogP contribution in [-0.4, -0.2) is 15.0 Å². The van der Waals surface area contributed by atoms with Crippen molar-refractivity contribution in [3.8, 4) is 11.5 Å². The minimum Gasteiger partial charge on any atom is -0.250 e. The Balaban J connectivity index is 2.57. The summed E-state index contributed by atoms with van der Waals surface area (Å²) >= 11 is 11.9. The van der Waals surface area contributed by atoms with Crippen molar-refractivity contribution in [1.82, 2.24) is 15.0 Å². The fourth-order valence-electron chi connectivity index (χ4n) is 1.25. The first-order chi connectivity index (χ1) is 7.58. The SMILES string of the molecule is Cc1cccc(-c2nc(Cl)c(C)c(Cl)n2)n1. The Hall–Kier alpha value is -1.19. The smallest absolute Gasteiger partial charge is 0.181 e. The van der Waals surface area contributed by atoms with Crippen molar-refractivity contribution in [3.63, 3.8) is 0 Å². The van der Waals surface area contributed by atoms with Gasteiger partial charge in [-0.3, -0.25) is 0 Å². The van der Waals surface area contributed by atoms with E-state index < -0.39 is 0 Å². The molecular formula is C11H9Cl2N3. The van der Waals surface area contributed by atoms with Gasteiger partial charge >= 0.3 is 0 Å². The standard InChI is InChI=1S/C11H9Cl2N3/c1-6-4-3-5-8(14-6)11-15-9(12)7(2)10(13)16-11/h3-5H,1-2H3. The van der Waals surface area contributed by atoms with E-state index in [1.807, 2.05) is 25.1 Å². The molecule has 0 N–H and O–H groups in total. The molecule has 0 spiro atoms. The lowest BCUT2D eigenvalue weighted by Crippen LogP contribution is -1.96. The monoisotopic (exact) mass is 253 g/mol. The lowest BCUT2D eigenvalue weighted by Gasteiger charge is -2.04. The zero-order valence-corrected chi connectivity index (χ0v) is 10.3. The van der Waals surface area contributed by atoms with Gasteiger partial charge in [-0.2, -0.15) is 0 Å². The second-order valence-corrected chi connectivity index (χ2v) is 4.13. The number of pyridine rings is 1. The fourth-order valence-corrected chi connectivity index (χ4v) is 1.63. The van der Waals surface area contributed by atoms with Gasteiger partial charge in [-0.25, -0.2) is 15.0 Å². The predicted octanol–water partition coefficient (Wildman–Crippen LogP) is 3.46. The summed E-state index contributed by atoms with van der Waals surface area (Å²) in [6.45, 7) is 3.68. The molecule has 2 rings (SSSR count). The van der Waals surface area contributed by atoms with Gasteiger partial charge in [0.05, 0.1) is 0 Å². The van der Waals surface area contributed by atoms with Crippen LogP contribution >= 0.6 is 23.2 Å². The molecule has 3 nitrogen and oxygen atoms in total. The third kappa shape index (κ3) is 2.15. The van der Waals surface area contributed by atoms with E-state index in [-0.39, 0.29) is 0 Å². The van der Waals surface area contributed by atoms with E-state index in [2.05, 4.69) is 15.0 Å². The van der Waals surface area contributed by atoms with Gasteiger partial charge in [0.2, 0.25) is 0 Å². The van der Waals surface area contributed by atoms with Gasteiger partial charge in [0.25, 0.3) is 0 Å². The van der Waals surface area contributed by atoms with Gasteiger partial charge in [-0.05, 0) is 26.0 Å². The maximum Gasteiger partial charge on any atom is 0.181 e. The molecule has 0 saturated heterocycles. The van der Waals surface area contributed by atoms with E-state index in [1.165, 1.54) is 0 Å². The average molecular weight is 254 g/mol. The van der Waals surface area contributed by atoms with Gasteiger partial charge in [-0.1, -0.05) is 29.3 Å². The molecule has 2 heterocycles. The van der Waals surface area contributed by atoms with E-state index in [1.54, 1.807) is 6.92 Å². The molecule has 2 aromatic rings. The highest BCUT2D eigenvalue weighted by Gasteiger charge is 2.10. The van der Waals surface area contributed by atoms with Crippen LogP contribution < -0.4 is 0 Å². The Morgan fingerprint density at radius 2 is 1.56 bits per heavy atom. The number of nitrogens with zero attached hydrogens (tertiary/aromatic N) is 3. The number of hydrogen-bond donors (Lipinski definition) is 0. The molecule has 16 heavy (non-hydrogen) atoms. The predicted molar refractivity (Wildman–Crippen MR) is 64.8 cm³/mol. The maximum atomic E-state index is 5.95. The van der Waals surface area contributed by atoms with Crippen LogP contribution in [0.4, 0.5) is 0 Å². The van der Waals surface area contributed by atoms with E-state index in [0.717, 1.165) is 5.69 Å². The molecule has 0 aliphatic rings. The van der Waals surface area contributed by atoms with Crippen LogP contribution in [0.2, 0.25) is 10.3 Å². The molecule has 0 aliphatic heterocycles. The Kier molecular flexibility index (Phi) is 3.08. The fraction of sp³-hybridized carbons (Fsp3) is 0.182. The molecule has 0 bridgehead atoms. The van der Waals surface area contributed by atoms with Crippen LogP contribution in [0.5, 0.6) is 0 Å². The number of aryl methyl sites for hydroxylation is 1. The third-order valence-corrected chi connectivity index (χ3v) is 2.88. The third-order valence-electron chi connectivity index (χ3n) is 2.14. The van der Waals surface area contributed by atoms with Crippen molar-refractivity contribution in [2.75, 3.05) is 0 Å². The largest absolute Gasteiger partial charge is 0.250 e. The van der Waals surface area contributed by atoms with Crippen molar-refractivity contribution in [2.45, 2.75) is 13.8 Å². The summed E-state index contributed by atoms with van der Waals surface area (Å²) in [5.41, 5.74) is 2.25. The molecule has 5 heteroatoms. The molecule has 0 atom stereocenters. The molecule has 0 amide bonds. The molecular weight excluding hydrogens is 245 g/mol. The van der Waals surface area contributed by atoms with Crippen molar-refractivity contribution in [1.29, 1.82) is 0 Å². The lowest BCUT2D eigenvalue weighted by atomic mass is 10.3. The van der Waals surface area contributed by atoms with Crippen molar-refractivity contribution >= 4 is 23.2 Å². The summed E-state index contributed by atoms with van der Waals surface area (Å²) in [6, 6.07) is 5.62. The minimum atomic E-state index is 0.360. The first-order valence-electron chi connectivity index (χ1n) is 4.71. The first kappa shape index (κ1) is 11.3. The van der Waals surface area contributed by atoms with Crippen LogP contribution in [0.15, 0.2) is 18.2 Å². The Bertz CT molecular complexity index is 517. The second kappa shape index (κ2) is 4.36. The van der Waals surface area contributed by atoms with Crippen LogP contribution in [0.25, 0.3) is 11.5 Å². The second-order valence-electron chi connectivity index (χ2n) is 3.42. The zero-order valence-electron chi connectivity index (χ0n) is 8.83. The van der Waals surface area contributed by atoms with Crippen LogP contribution in [0.1, 0.15) is 11.3 Å². The van der Waals surface area contributed by atoms with Crippen LogP contribution in [-0.2, 0) is 0 Å². The number of halogens is 2. The molecule has 0 aliphatic carbocycles. The molecule has 0 fully saturated rings. The normalized spacial score (nSPS) is 10.5. The van der Waals surface area contributed by atoms with E-state index in [4.69, 9.17) is 23.2 Å². The van der Waals surface area contributed by atoms with Crippen molar-refractivity contribution in [2.24, 2.45) is 0 Å². The van der Waals surface area contributed by atoms with Crippen LogP contribution in [0.3, 0.4) is 0 Å². The Morgan fingerprint density at radius 3 is 2.12 bits per heavy atom.